The molecule has 1 atom stereocenters. The largest absolute Gasteiger partial charge is 0.451 e. The zero-order chi connectivity index (χ0) is 22.2. The number of esters is 1. The first kappa shape index (κ1) is 21.7. The molecule has 0 aliphatic carbocycles. The SMILES string of the molecule is C[C@H](OC(=O)CNC(=O)c1ccccc1F)C(=O)Nc1ccccc1-c1ccccc1. The third-order valence-corrected chi connectivity index (χ3v) is 4.46. The first-order valence-corrected chi connectivity index (χ1v) is 9.63. The zero-order valence-electron chi connectivity index (χ0n) is 16.8. The Morgan fingerprint density at radius 2 is 1.55 bits per heavy atom. The van der Waals surface area contributed by atoms with E-state index in [2.05, 4.69) is 10.6 Å². The lowest BCUT2D eigenvalue weighted by atomic mass is 10.0. The fourth-order valence-electron chi connectivity index (χ4n) is 2.88. The second-order valence-corrected chi connectivity index (χ2v) is 6.70. The minimum Gasteiger partial charge on any atom is -0.451 e. The van der Waals surface area contributed by atoms with Gasteiger partial charge in [0.05, 0.1) is 5.56 Å². The summed E-state index contributed by atoms with van der Waals surface area (Å²) >= 11 is 0. The number of carbonyl (C=O) groups is 3. The van der Waals surface area contributed by atoms with Gasteiger partial charge >= 0.3 is 5.97 Å². The molecule has 7 heteroatoms. The number of hydrogen-bond acceptors (Lipinski definition) is 4. The van der Waals surface area contributed by atoms with E-state index in [0.717, 1.165) is 17.2 Å². The number of hydrogen-bond donors (Lipinski definition) is 2. The first-order chi connectivity index (χ1) is 15.0. The van der Waals surface area contributed by atoms with Crippen molar-refractivity contribution in [3.05, 3.63) is 90.2 Å². The van der Waals surface area contributed by atoms with Crippen LogP contribution >= 0.6 is 0 Å². The number of anilines is 1. The van der Waals surface area contributed by atoms with Gasteiger partial charge in [-0.1, -0.05) is 60.7 Å². The Balaban J connectivity index is 1.56. The fourth-order valence-corrected chi connectivity index (χ4v) is 2.88. The van der Waals surface area contributed by atoms with Crippen LogP contribution in [-0.2, 0) is 14.3 Å². The van der Waals surface area contributed by atoms with Crippen molar-refractivity contribution in [2.45, 2.75) is 13.0 Å². The number of rotatable bonds is 7. The van der Waals surface area contributed by atoms with E-state index < -0.39 is 36.2 Å². The lowest BCUT2D eigenvalue weighted by molar-refractivity contribution is -0.152. The highest BCUT2D eigenvalue weighted by Gasteiger charge is 2.20. The van der Waals surface area contributed by atoms with Crippen molar-refractivity contribution >= 4 is 23.5 Å². The molecule has 0 saturated carbocycles. The Labute approximate surface area is 179 Å². The molecule has 0 aliphatic heterocycles. The molecule has 0 saturated heterocycles. The van der Waals surface area contributed by atoms with E-state index in [1.807, 2.05) is 42.5 Å². The van der Waals surface area contributed by atoms with E-state index in [4.69, 9.17) is 4.74 Å². The maximum absolute atomic E-state index is 13.6. The molecular weight excluding hydrogens is 399 g/mol. The van der Waals surface area contributed by atoms with Gasteiger partial charge in [0, 0.05) is 11.3 Å². The quantitative estimate of drug-likeness (QED) is 0.570. The minimum atomic E-state index is -1.10. The molecule has 31 heavy (non-hydrogen) atoms. The lowest BCUT2D eigenvalue weighted by Crippen LogP contribution is -2.36. The molecule has 3 rings (SSSR count). The molecule has 0 fully saturated rings. The highest BCUT2D eigenvalue weighted by Crippen LogP contribution is 2.27. The Kier molecular flexibility index (Phi) is 7.11. The summed E-state index contributed by atoms with van der Waals surface area (Å²) in [6.45, 7) is 0.933. The molecule has 0 unspecified atom stereocenters. The Hall–Kier alpha value is -4.00. The average Bonchev–Trinajstić information content (AvgIpc) is 2.78. The summed E-state index contributed by atoms with van der Waals surface area (Å²) < 4.78 is 18.7. The van der Waals surface area contributed by atoms with Crippen LogP contribution in [0.25, 0.3) is 11.1 Å². The van der Waals surface area contributed by atoms with Crippen LogP contribution in [0.15, 0.2) is 78.9 Å². The second kappa shape index (κ2) is 10.2. The average molecular weight is 420 g/mol. The van der Waals surface area contributed by atoms with Gasteiger partial charge in [-0.25, -0.2) is 4.39 Å². The maximum atomic E-state index is 13.6. The predicted octanol–water partition coefficient (Wildman–Crippen LogP) is 3.79. The monoisotopic (exact) mass is 420 g/mol. The number of carbonyl (C=O) groups excluding carboxylic acids is 3. The number of amides is 2. The summed E-state index contributed by atoms with van der Waals surface area (Å²) in [6, 6.07) is 22.2. The molecule has 6 nitrogen and oxygen atoms in total. The molecule has 0 aliphatic rings. The van der Waals surface area contributed by atoms with Crippen LogP contribution in [0, 0.1) is 5.82 Å². The van der Waals surface area contributed by atoms with E-state index in [-0.39, 0.29) is 5.56 Å². The van der Waals surface area contributed by atoms with Crippen LogP contribution in [0.1, 0.15) is 17.3 Å². The van der Waals surface area contributed by atoms with Crippen molar-refractivity contribution in [2.24, 2.45) is 0 Å². The summed E-state index contributed by atoms with van der Waals surface area (Å²) in [4.78, 5) is 36.5. The second-order valence-electron chi connectivity index (χ2n) is 6.70. The van der Waals surface area contributed by atoms with Gasteiger partial charge in [0.2, 0.25) is 0 Å². The van der Waals surface area contributed by atoms with Crippen LogP contribution in [-0.4, -0.2) is 30.4 Å². The van der Waals surface area contributed by atoms with Crippen molar-refractivity contribution in [2.75, 3.05) is 11.9 Å². The van der Waals surface area contributed by atoms with Crippen molar-refractivity contribution in [1.29, 1.82) is 0 Å². The molecular formula is C24H21FN2O4. The summed E-state index contributed by atoms with van der Waals surface area (Å²) in [5.74, 6) is -2.78. The van der Waals surface area contributed by atoms with Crippen LogP contribution < -0.4 is 10.6 Å². The Morgan fingerprint density at radius 1 is 0.903 bits per heavy atom. The standard InChI is InChI=1S/C24H21FN2O4/c1-16(31-22(28)15-26-24(30)19-12-5-7-13-20(19)25)23(29)27-21-14-8-6-11-18(21)17-9-3-2-4-10-17/h2-14,16H,15H2,1H3,(H,26,30)(H,27,29)/t16-/m0/s1. The van der Waals surface area contributed by atoms with E-state index in [1.165, 1.54) is 25.1 Å². The van der Waals surface area contributed by atoms with E-state index >= 15 is 0 Å². The predicted molar refractivity (Wildman–Crippen MR) is 115 cm³/mol. The number of nitrogens with one attached hydrogen (secondary N) is 2. The maximum Gasteiger partial charge on any atom is 0.326 e. The molecule has 0 radical (unpaired) electrons. The van der Waals surface area contributed by atoms with Crippen molar-refractivity contribution in [3.8, 4) is 11.1 Å². The molecule has 0 spiro atoms. The van der Waals surface area contributed by atoms with Gasteiger partial charge in [-0.2, -0.15) is 0 Å². The van der Waals surface area contributed by atoms with Gasteiger partial charge in [0.15, 0.2) is 6.10 Å². The first-order valence-electron chi connectivity index (χ1n) is 9.63. The van der Waals surface area contributed by atoms with Crippen molar-refractivity contribution in [1.82, 2.24) is 5.32 Å². The number of halogens is 1. The van der Waals surface area contributed by atoms with Crippen LogP contribution in [0.2, 0.25) is 0 Å². The molecule has 3 aromatic carbocycles. The molecule has 158 valence electrons. The Morgan fingerprint density at radius 3 is 2.29 bits per heavy atom. The lowest BCUT2D eigenvalue weighted by Gasteiger charge is -2.16. The summed E-state index contributed by atoms with van der Waals surface area (Å²) in [5.41, 5.74) is 2.15. The van der Waals surface area contributed by atoms with E-state index in [9.17, 15) is 18.8 Å². The molecule has 0 bridgehead atoms. The van der Waals surface area contributed by atoms with Crippen LogP contribution in [0.3, 0.4) is 0 Å². The topological polar surface area (TPSA) is 84.5 Å². The van der Waals surface area contributed by atoms with Crippen molar-refractivity contribution < 1.29 is 23.5 Å². The smallest absolute Gasteiger partial charge is 0.326 e. The number of ether oxygens (including phenoxy) is 1. The highest BCUT2D eigenvalue weighted by molar-refractivity contribution is 5.99. The van der Waals surface area contributed by atoms with Gasteiger partial charge in [-0.3, -0.25) is 14.4 Å². The van der Waals surface area contributed by atoms with Gasteiger partial charge in [0.1, 0.15) is 12.4 Å². The third-order valence-electron chi connectivity index (χ3n) is 4.46. The highest BCUT2D eigenvalue weighted by atomic mass is 19.1. The van der Waals surface area contributed by atoms with Gasteiger partial charge in [-0.05, 0) is 30.7 Å². The molecule has 3 aromatic rings. The normalized spacial score (nSPS) is 11.3. The van der Waals surface area contributed by atoms with Crippen LogP contribution in [0.4, 0.5) is 10.1 Å². The zero-order valence-corrected chi connectivity index (χ0v) is 16.8. The Bertz CT molecular complexity index is 1090. The van der Waals surface area contributed by atoms with Crippen molar-refractivity contribution in [3.63, 3.8) is 0 Å². The van der Waals surface area contributed by atoms with Gasteiger partial charge in [-0.15, -0.1) is 0 Å². The van der Waals surface area contributed by atoms with Gasteiger partial charge in [0.25, 0.3) is 11.8 Å². The van der Waals surface area contributed by atoms with E-state index in [1.54, 1.807) is 12.1 Å². The molecule has 2 N–H and O–H groups in total. The minimum absolute atomic E-state index is 0.182. The molecule has 0 aromatic heterocycles. The van der Waals surface area contributed by atoms with Gasteiger partial charge < -0.3 is 15.4 Å². The fraction of sp³-hybridized carbons (Fsp3) is 0.125. The molecule has 0 heterocycles. The summed E-state index contributed by atoms with van der Waals surface area (Å²) in [7, 11) is 0. The molecule has 2 amide bonds. The number of benzene rings is 3. The summed E-state index contributed by atoms with van der Waals surface area (Å²) in [6.07, 6.45) is -1.10. The van der Waals surface area contributed by atoms with E-state index in [0.29, 0.717) is 5.69 Å². The summed E-state index contributed by atoms with van der Waals surface area (Å²) in [5, 5.41) is 5.04. The number of para-hydroxylation sites is 1. The van der Waals surface area contributed by atoms with Crippen LogP contribution in [0.5, 0.6) is 0 Å². The third kappa shape index (κ3) is 5.76.